The van der Waals surface area contributed by atoms with Crippen molar-refractivity contribution in [3.8, 4) is 5.88 Å². The van der Waals surface area contributed by atoms with E-state index in [2.05, 4.69) is 36.1 Å². The molecule has 1 aromatic rings. The van der Waals surface area contributed by atoms with E-state index in [1.807, 2.05) is 6.07 Å². The molecule has 90 valence electrons. The second-order valence-electron chi connectivity index (χ2n) is 4.24. The van der Waals surface area contributed by atoms with Crippen molar-refractivity contribution in [1.29, 1.82) is 0 Å². The molecule has 0 aromatic carbocycles. The Kier molecular flexibility index (Phi) is 5.02. The number of hydrogen-bond donors (Lipinski definition) is 1. The minimum absolute atomic E-state index is 0.593. The lowest BCUT2D eigenvalue weighted by molar-refractivity contribution is 0.395. The van der Waals surface area contributed by atoms with Crippen LogP contribution in [-0.4, -0.2) is 23.6 Å². The first-order valence-electron chi connectivity index (χ1n) is 5.81. The van der Waals surface area contributed by atoms with Gasteiger partial charge in [-0.2, -0.15) is 4.98 Å². The maximum Gasteiger partial charge on any atom is 0.218 e. The fourth-order valence-electron chi connectivity index (χ4n) is 1.31. The molecule has 1 heterocycles. The van der Waals surface area contributed by atoms with Crippen LogP contribution >= 0.6 is 0 Å². The zero-order valence-electron chi connectivity index (χ0n) is 10.6. The summed E-state index contributed by atoms with van der Waals surface area (Å²) in [7, 11) is 1.63. The Bertz CT molecular complexity index is 326. The van der Waals surface area contributed by atoms with Crippen molar-refractivity contribution < 1.29 is 4.74 Å². The van der Waals surface area contributed by atoms with Gasteiger partial charge in [0.15, 0.2) is 0 Å². The molecule has 0 aliphatic rings. The minimum Gasteiger partial charge on any atom is -0.481 e. The van der Waals surface area contributed by atoms with Crippen LogP contribution in [0.25, 0.3) is 0 Å². The normalized spacial score (nSPS) is 10.6. The van der Waals surface area contributed by atoms with Crippen molar-refractivity contribution >= 4 is 5.82 Å². The van der Waals surface area contributed by atoms with Crippen LogP contribution in [0.2, 0.25) is 0 Å². The molecule has 1 aromatic heterocycles. The molecule has 0 fully saturated rings. The highest BCUT2D eigenvalue weighted by molar-refractivity contribution is 5.38. The third-order valence-electron chi connectivity index (χ3n) is 2.12. The van der Waals surface area contributed by atoms with Gasteiger partial charge in [-0.15, -0.1) is 0 Å². The molecule has 0 atom stereocenters. The average molecular weight is 223 g/mol. The van der Waals surface area contributed by atoms with Gasteiger partial charge in [-0.05, 0) is 12.3 Å². The number of nitrogens with zero attached hydrogens (tertiary/aromatic N) is 2. The molecule has 0 aliphatic heterocycles. The molecule has 0 unspecified atom stereocenters. The average Bonchev–Trinajstić information content (AvgIpc) is 2.26. The predicted octanol–water partition coefficient (Wildman–Crippen LogP) is 2.51. The van der Waals surface area contributed by atoms with Gasteiger partial charge in [-0.3, -0.25) is 0 Å². The molecular weight excluding hydrogens is 202 g/mol. The smallest absolute Gasteiger partial charge is 0.218 e. The number of aryl methyl sites for hydroxylation is 1. The van der Waals surface area contributed by atoms with Crippen LogP contribution in [0.5, 0.6) is 5.88 Å². The molecule has 0 radical (unpaired) electrons. The molecule has 0 spiro atoms. The molecule has 4 heteroatoms. The van der Waals surface area contributed by atoms with Gasteiger partial charge in [0, 0.05) is 19.0 Å². The van der Waals surface area contributed by atoms with Gasteiger partial charge in [0.05, 0.1) is 7.11 Å². The molecule has 0 saturated carbocycles. The SMILES string of the molecule is CCCc1nc(NCC(C)C)cc(OC)n1. The van der Waals surface area contributed by atoms with Crippen LogP contribution in [0.15, 0.2) is 6.07 Å². The molecule has 0 amide bonds. The fraction of sp³-hybridized carbons (Fsp3) is 0.667. The van der Waals surface area contributed by atoms with Crippen molar-refractivity contribution in [3.63, 3.8) is 0 Å². The summed E-state index contributed by atoms with van der Waals surface area (Å²) in [5.74, 6) is 2.91. The van der Waals surface area contributed by atoms with Gasteiger partial charge in [-0.25, -0.2) is 4.98 Å². The van der Waals surface area contributed by atoms with Crippen molar-refractivity contribution in [1.82, 2.24) is 9.97 Å². The third kappa shape index (κ3) is 4.04. The van der Waals surface area contributed by atoms with E-state index in [0.29, 0.717) is 11.8 Å². The third-order valence-corrected chi connectivity index (χ3v) is 2.12. The summed E-state index contributed by atoms with van der Waals surface area (Å²) in [5, 5.41) is 3.29. The molecule has 4 nitrogen and oxygen atoms in total. The molecule has 0 aliphatic carbocycles. The molecular formula is C12H21N3O. The molecule has 1 rings (SSSR count). The van der Waals surface area contributed by atoms with E-state index in [9.17, 15) is 0 Å². The number of methoxy groups -OCH3 is 1. The Morgan fingerprint density at radius 3 is 2.69 bits per heavy atom. The zero-order chi connectivity index (χ0) is 12.0. The summed E-state index contributed by atoms with van der Waals surface area (Å²) >= 11 is 0. The lowest BCUT2D eigenvalue weighted by Gasteiger charge is -2.10. The fourth-order valence-corrected chi connectivity index (χ4v) is 1.31. The Labute approximate surface area is 97.5 Å². The molecule has 1 N–H and O–H groups in total. The number of anilines is 1. The van der Waals surface area contributed by atoms with Crippen LogP contribution in [0.3, 0.4) is 0 Å². The number of nitrogens with one attached hydrogen (secondary N) is 1. The quantitative estimate of drug-likeness (QED) is 0.805. The summed E-state index contributed by atoms with van der Waals surface area (Å²) in [5.41, 5.74) is 0. The Balaban J connectivity index is 2.77. The van der Waals surface area contributed by atoms with Gasteiger partial charge >= 0.3 is 0 Å². The van der Waals surface area contributed by atoms with Crippen molar-refractivity contribution in [2.24, 2.45) is 5.92 Å². The van der Waals surface area contributed by atoms with E-state index in [-0.39, 0.29) is 0 Å². The van der Waals surface area contributed by atoms with E-state index >= 15 is 0 Å². The monoisotopic (exact) mass is 223 g/mol. The highest BCUT2D eigenvalue weighted by Gasteiger charge is 2.04. The van der Waals surface area contributed by atoms with Gasteiger partial charge in [0.1, 0.15) is 11.6 Å². The summed E-state index contributed by atoms with van der Waals surface area (Å²) in [6.45, 7) is 7.35. The van der Waals surface area contributed by atoms with Crippen LogP contribution in [0.4, 0.5) is 5.82 Å². The summed E-state index contributed by atoms with van der Waals surface area (Å²) in [4.78, 5) is 8.74. The Hall–Kier alpha value is -1.32. The van der Waals surface area contributed by atoms with Crippen LogP contribution in [0.1, 0.15) is 33.0 Å². The van der Waals surface area contributed by atoms with Crippen LogP contribution in [-0.2, 0) is 6.42 Å². The molecule has 0 bridgehead atoms. The maximum absolute atomic E-state index is 5.16. The topological polar surface area (TPSA) is 47.0 Å². The predicted molar refractivity (Wildman–Crippen MR) is 65.9 cm³/mol. The van der Waals surface area contributed by atoms with Crippen molar-refractivity contribution in [3.05, 3.63) is 11.9 Å². The highest BCUT2D eigenvalue weighted by Crippen LogP contribution is 2.14. The second-order valence-corrected chi connectivity index (χ2v) is 4.24. The minimum atomic E-state index is 0.593. The number of aromatic nitrogens is 2. The van der Waals surface area contributed by atoms with Gasteiger partial charge in [0.2, 0.25) is 5.88 Å². The zero-order valence-corrected chi connectivity index (χ0v) is 10.6. The Morgan fingerprint density at radius 2 is 2.12 bits per heavy atom. The second kappa shape index (κ2) is 6.30. The first kappa shape index (κ1) is 12.7. The van der Waals surface area contributed by atoms with E-state index in [4.69, 9.17) is 4.74 Å². The first-order chi connectivity index (χ1) is 7.65. The summed E-state index contributed by atoms with van der Waals surface area (Å²) in [6.07, 6.45) is 1.92. The van der Waals surface area contributed by atoms with Crippen molar-refractivity contribution in [2.75, 3.05) is 19.0 Å². The summed E-state index contributed by atoms with van der Waals surface area (Å²) < 4.78 is 5.16. The number of hydrogen-bond acceptors (Lipinski definition) is 4. The van der Waals surface area contributed by atoms with E-state index < -0.39 is 0 Å². The highest BCUT2D eigenvalue weighted by atomic mass is 16.5. The number of rotatable bonds is 6. The van der Waals surface area contributed by atoms with Crippen LogP contribution < -0.4 is 10.1 Å². The molecule has 16 heavy (non-hydrogen) atoms. The first-order valence-corrected chi connectivity index (χ1v) is 5.81. The Morgan fingerprint density at radius 1 is 1.38 bits per heavy atom. The lowest BCUT2D eigenvalue weighted by atomic mass is 10.2. The largest absolute Gasteiger partial charge is 0.481 e. The summed E-state index contributed by atoms with van der Waals surface area (Å²) in [6, 6.07) is 1.83. The van der Waals surface area contributed by atoms with Gasteiger partial charge < -0.3 is 10.1 Å². The van der Waals surface area contributed by atoms with Gasteiger partial charge in [0.25, 0.3) is 0 Å². The van der Waals surface area contributed by atoms with Crippen molar-refractivity contribution in [2.45, 2.75) is 33.6 Å². The lowest BCUT2D eigenvalue weighted by Crippen LogP contribution is -2.11. The molecule has 0 saturated heterocycles. The van der Waals surface area contributed by atoms with Gasteiger partial charge in [-0.1, -0.05) is 20.8 Å². The van der Waals surface area contributed by atoms with E-state index in [1.165, 1.54) is 0 Å². The standard InChI is InChI=1S/C12H21N3O/c1-5-6-10-14-11(13-8-9(2)3)7-12(15-10)16-4/h7,9H,5-6,8H2,1-4H3,(H,13,14,15). The number of ether oxygens (including phenoxy) is 1. The van der Waals surface area contributed by atoms with E-state index in [0.717, 1.165) is 31.0 Å². The maximum atomic E-state index is 5.16. The van der Waals surface area contributed by atoms with E-state index in [1.54, 1.807) is 7.11 Å². The van der Waals surface area contributed by atoms with Crippen LogP contribution in [0, 0.1) is 5.92 Å².